The van der Waals surface area contributed by atoms with Gasteiger partial charge in [-0.15, -0.1) is 0 Å². The van der Waals surface area contributed by atoms with E-state index >= 15 is 0 Å². The van der Waals surface area contributed by atoms with E-state index in [2.05, 4.69) is 0 Å². The first-order valence-electron chi connectivity index (χ1n) is 4.46. The lowest BCUT2D eigenvalue weighted by molar-refractivity contribution is -0.385. The molecule has 5 nitrogen and oxygen atoms in total. The van der Waals surface area contributed by atoms with Gasteiger partial charge in [0, 0.05) is 12.5 Å². The molecular weight excluding hydrogens is 198 g/mol. The number of carbonyl (C=O) groups excluding carboxylic acids is 1. The molecule has 0 fully saturated rings. The lowest BCUT2D eigenvalue weighted by Crippen LogP contribution is -1.95. The second kappa shape index (κ2) is 4.54. The minimum absolute atomic E-state index is 0.0331. The van der Waals surface area contributed by atoms with E-state index in [0.29, 0.717) is 18.4 Å². The molecule has 0 unspecified atom stereocenters. The van der Waals surface area contributed by atoms with E-state index in [1.54, 1.807) is 6.07 Å². The lowest BCUT2D eigenvalue weighted by Gasteiger charge is -2.00. The highest BCUT2D eigenvalue weighted by Crippen LogP contribution is 2.26. The highest BCUT2D eigenvalue weighted by molar-refractivity contribution is 5.75. The van der Waals surface area contributed by atoms with Crippen LogP contribution in [0.15, 0.2) is 18.2 Å². The highest BCUT2D eigenvalue weighted by atomic mass is 16.6. The summed E-state index contributed by atoms with van der Waals surface area (Å²) in [5, 5.41) is 19.7. The van der Waals surface area contributed by atoms with E-state index in [4.69, 9.17) is 0 Å². The predicted molar refractivity (Wildman–Crippen MR) is 53.8 cm³/mol. The van der Waals surface area contributed by atoms with Gasteiger partial charge in [0.1, 0.15) is 5.78 Å². The van der Waals surface area contributed by atoms with Gasteiger partial charge in [-0.1, -0.05) is 6.07 Å². The summed E-state index contributed by atoms with van der Waals surface area (Å²) in [4.78, 5) is 20.6. The number of nitro benzene ring substituents is 1. The van der Waals surface area contributed by atoms with Gasteiger partial charge in [0.2, 0.25) is 0 Å². The first kappa shape index (κ1) is 11.2. The van der Waals surface area contributed by atoms with Crippen molar-refractivity contribution < 1.29 is 14.8 Å². The summed E-state index contributed by atoms with van der Waals surface area (Å²) in [5.41, 5.74) is 0.353. The molecule has 0 bridgehead atoms. The number of nitro groups is 1. The average molecular weight is 209 g/mol. The topological polar surface area (TPSA) is 80.4 Å². The summed E-state index contributed by atoms with van der Waals surface area (Å²) in [6, 6.07) is 4.14. The number of hydrogen-bond acceptors (Lipinski definition) is 4. The zero-order valence-electron chi connectivity index (χ0n) is 8.27. The molecule has 1 aromatic carbocycles. The molecule has 0 aliphatic rings. The van der Waals surface area contributed by atoms with Crippen molar-refractivity contribution in [1.82, 2.24) is 0 Å². The minimum atomic E-state index is -0.646. The first-order valence-corrected chi connectivity index (χ1v) is 4.46. The van der Waals surface area contributed by atoms with Crippen LogP contribution in [-0.2, 0) is 11.2 Å². The van der Waals surface area contributed by atoms with Gasteiger partial charge in [-0.2, -0.15) is 0 Å². The minimum Gasteiger partial charge on any atom is -0.502 e. The SMILES string of the molecule is CC(=O)CCc1ccc(O)c([N+](=O)[O-])c1. The zero-order valence-corrected chi connectivity index (χ0v) is 8.27. The molecular formula is C10H11NO4. The molecule has 0 aliphatic heterocycles. The Morgan fingerprint density at radius 3 is 2.73 bits per heavy atom. The maximum absolute atomic E-state index is 10.7. The number of phenolic OH excluding ortho intramolecular Hbond substituents is 1. The van der Waals surface area contributed by atoms with E-state index in [-0.39, 0.29) is 17.2 Å². The molecule has 1 rings (SSSR count). The van der Waals surface area contributed by atoms with E-state index in [1.807, 2.05) is 0 Å². The number of rotatable bonds is 4. The van der Waals surface area contributed by atoms with Crippen LogP contribution in [-0.4, -0.2) is 15.8 Å². The third-order valence-corrected chi connectivity index (χ3v) is 2.00. The van der Waals surface area contributed by atoms with Crippen LogP contribution >= 0.6 is 0 Å². The number of phenols is 1. The van der Waals surface area contributed by atoms with Crippen LogP contribution in [0.3, 0.4) is 0 Å². The van der Waals surface area contributed by atoms with Crippen molar-refractivity contribution in [2.45, 2.75) is 19.8 Å². The van der Waals surface area contributed by atoms with Gasteiger partial charge in [0.05, 0.1) is 4.92 Å². The van der Waals surface area contributed by atoms with Crippen LogP contribution in [0.4, 0.5) is 5.69 Å². The normalized spacial score (nSPS) is 9.93. The van der Waals surface area contributed by atoms with Crippen LogP contribution < -0.4 is 0 Å². The third-order valence-electron chi connectivity index (χ3n) is 2.00. The first-order chi connectivity index (χ1) is 7.00. The number of benzene rings is 1. The van der Waals surface area contributed by atoms with Gasteiger partial charge < -0.3 is 9.90 Å². The van der Waals surface area contributed by atoms with E-state index < -0.39 is 4.92 Å². The molecule has 0 amide bonds. The number of nitrogens with zero attached hydrogens (tertiary/aromatic N) is 1. The maximum atomic E-state index is 10.7. The molecule has 1 N–H and O–H groups in total. The third kappa shape index (κ3) is 3.05. The summed E-state index contributed by atoms with van der Waals surface area (Å²) in [6.45, 7) is 1.47. The van der Waals surface area contributed by atoms with Crippen molar-refractivity contribution >= 4 is 11.5 Å². The fourth-order valence-corrected chi connectivity index (χ4v) is 1.19. The maximum Gasteiger partial charge on any atom is 0.310 e. The van der Waals surface area contributed by atoms with Crippen molar-refractivity contribution in [1.29, 1.82) is 0 Å². The van der Waals surface area contributed by atoms with Gasteiger partial charge in [0.15, 0.2) is 5.75 Å². The Bertz CT molecular complexity index is 400. The molecule has 0 heterocycles. The number of ketones is 1. The average Bonchev–Trinajstić information content (AvgIpc) is 2.16. The molecule has 0 saturated heterocycles. The van der Waals surface area contributed by atoms with E-state index in [1.165, 1.54) is 19.1 Å². The van der Waals surface area contributed by atoms with Crippen molar-refractivity contribution in [3.63, 3.8) is 0 Å². The number of hydrogen-bond donors (Lipinski definition) is 1. The van der Waals surface area contributed by atoms with Crippen LogP contribution in [0.1, 0.15) is 18.9 Å². The lowest BCUT2D eigenvalue weighted by atomic mass is 10.1. The molecule has 0 aliphatic carbocycles. The summed E-state index contributed by atoms with van der Waals surface area (Å²) >= 11 is 0. The summed E-state index contributed by atoms with van der Waals surface area (Å²) in [5.74, 6) is -0.322. The summed E-state index contributed by atoms with van der Waals surface area (Å²) < 4.78 is 0. The Balaban J connectivity index is 2.87. The predicted octanol–water partition coefficient (Wildman–Crippen LogP) is 1.82. The molecule has 0 radical (unpaired) electrons. The van der Waals surface area contributed by atoms with E-state index in [9.17, 15) is 20.0 Å². The number of aryl methyl sites for hydroxylation is 1. The van der Waals surface area contributed by atoms with Crippen molar-refractivity contribution in [3.05, 3.63) is 33.9 Å². The molecule has 0 saturated carbocycles. The second-order valence-corrected chi connectivity index (χ2v) is 3.28. The molecule has 0 atom stereocenters. The Labute approximate surface area is 86.5 Å². The second-order valence-electron chi connectivity index (χ2n) is 3.28. The van der Waals surface area contributed by atoms with Crippen LogP contribution in [0, 0.1) is 10.1 Å². The van der Waals surface area contributed by atoms with Crippen LogP contribution in [0.25, 0.3) is 0 Å². The summed E-state index contributed by atoms with van der Waals surface area (Å²) in [7, 11) is 0. The standard InChI is InChI=1S/C10H11NO4/c1-7(12)2-3-8-4-5-10(13)9(6-8)11(14)15/h4-6,13H,2-3H2,1H3. The molecule has 80 valence electrons. The van der Waals surface area contributed by atoms with Gasteiger partial charge in [-0.25, -0.2) is 0 Å². The molecule has 0 spiro atoms. The molecule has 1 aromatic rings. The number of Topliss-reactive ketones (excluding diaryl/α,β-unsaturated/α-hetero) is 1. The van der Waals surface area contributed by atoms with Gasteiger partial charge in [0.25, 0.3) is 0 Å². The monoisotopic (exact) mass is 209 g/mol. The van der Waals surface area contributed by atoms with Crippen molar-refractivity contribution in [3.8, 4) is 5.75 Å². The smallest absolute Gasteiger partial charge is 0.310 e. The van der Waals surface area contributed by atoms with Gasteiger partial charge in [-0.3, -0.25) is 10.1 Å². The number of carbonyl (C=O) groups is 1. The Morgan fingerprint density at radius 1 is 1.53 bits per heavy atom. The fourth-order valence-electron chi connectivity index (χ4n) is 1.19. The largest absolute Gasteiger partial charge is 0.502 e. The van der Waals surface area contributed by atoms with Crippen molar-refractivity contribution in [2.75, 3.05) is 0 Å². The molecule has 0 aromatic heterocycles. The van der Waals surface area contributed by atoms with Gasteiger partial charge >= 0.3 is 5.69 Å². The van der Waals surface area contributed by atoms with Gasteiger partial charge in [-0.05, 0) is 25.0 Å². The van der Waals surface area contributed by atoms with Crippen LogP contribution in [0.5, 0.6) is 5.75 Å². The quantitative estimate of drug-likeness (QED) is 0.605. The highest BCUT2D eigenvalue weighted by Gasteiger charge is 2.13. The molecule has 15 heavy (non-hydrogen) atoms. The Hall–Kier alpha value is -1.91. The Kier molecular flexibility index (Phi) is 3.38. The zero-order chi connectivity index (χ0) is 11.4. The summed E-state index contributed by atoms with van der Waals surface area (Å²) in [6.07, 6.45) is 0.804. The van der Waals surface area contributed by atoms with E-state index in [0.717, 1.165) is 0 Å². The van der Waals surface area contributed by atoms with Crippen LogP contribution in [0.2, 0.25) is 0 Å². The number of aromatic hydroxyl groups is 1. The van der Waals surface area contributed by atoms with Crippen molar-refractivity contribution in [2.24, 2.45) is 0 Å². The fraction of sp³-hybridized carbons (Fsp3) is 0.300. The Morgan fingerprint density at radius 2 is 2.20 bits per heavy atom. The molecule has 5 heteroatoms.